The normalized spacial score (nSPS) is 11.8. The van der Waals surface area contributed by atoms with Crippen LogP contribution in [0, 0.1) is 20.8 Å². The summed E-state index contributed by atoms with van der Waals surface area (Å²) < 4.78 is 0. The Kier molecular flexibility index (Phi) is 12.9. The Morgan fingerprint density at radius 1 is 0.500 bits per heavy atom. The molecule has 0 aliphatic carbocycles. The predicted octanol–water partition coefficient (Wildman–Crippen LogP) is 7.69. The van der Waals surface area contributed by atoms with Crippen LogP contribution in [-0.4, -0.2) is 35.1 Å². The Balaban J connectivity index is 2.44. The van der Waals surface area contributed by atoms with Crippen LogP contribution in [0.4, 0.5) is 0 Å². The lowest BCUT2D eigenvalue weighted by atomic mass is 9.61. The number of benzene rings is 3. The van der Waals surface area contributed by atoms with Gasteiger partial charge in [0.2, 0.25) is 0 Å². The van der Waals surface area contributed by atoms with Crippen LogP contribution in [0.15, 0.2) is 54.6 Å². The van der Waals surface area contributed by atoms with Crippen LogP contribution in [0.5, 0.6) is 0 Å². The minimum atomic E-state index is -0.323. The molecule has 0 fully saturated rings. The molecule has 218 valence electrons. The minimum absolute atomic E-state index is 0.223. The first-order valence-electron chi connectivity index (χ1n) is 15.6. The first kappa shape index (κ1) is 32.1. The predicted molar refractivity (Wildman–Crippen MR) is 168 cm³/mol. The van der Waals surface area contributed by atoms with Gasteiger partial charge in [0.25, 0.3) is 0 Å². The van der Waals surface area contributed by atoms with Crippen molar-refractivity contribution < 1.29 is 15.3 Å². The van der Waals surface area contributed by atoms with E-state index in [0.29, 0.717) is 0 Å². The summed E-state index contributed by atoms with van der Waals surface area (Å²) in [4.78, 5) is 0. The topological polar surface area (TPSA) is 60.7 Å². The van der Waals surface area contributed by atoms with E-state index < -0.39 is 0 Å². The van der Waals surface area contributed by atoms with E-state index in [0.717, 1.165) is 70.6 Å². The number of rotatable bonds is 17. The van der Waals surface area contributed by atoms with Gasteiger partial charge in [0, 0.05) is 25.2 Å². The minimum Gasteiger partial charge on any atom is -0.396 e. The standard InChI is InChI=1S/C37H52O3/c1-5-24-37(34-21-12-15-28(2)31(34)18-6-9-25-38,35-22-13-16-29(3)32(35)19-7-10-26-39)36-23-14-17-30(4)33(36)20-8-11-27-40/h12-17,21-23,38-40H,5-11,18-20,24-27H2,1-4H3. The van der Waals surface area contributed by atoms with Crippen LogP contribution >= 0.6 is 0 Å². The van der Waals surface area contributed by atoms with Gasteiger partial charge in [0.1, 0.15) is 0 Å². The first-order valence-corrected chi connectivity index (χ1v) is 15.6. The van der Waals surface area contributed by atoms with E-state index in [1.807, 2.05) is 0 Å². The summed E-state index contributed by atoms with van der Waals surface area (Å²) in [6, 6.07) is 20.5. The van der Waals surface area contributed by atoms with Crippen LogP contribution in [0.25, 0.3) is 0 Å². The SMILES string of the molecule is CCCC(c1cccc(C)c1CCCCO)(c1cccc(C)c1CCCCO)c1cccc(C)c1CCCCO. The fraction of sp³-hybridized carbons (Fsp3) is 0.514. The summed E-state index contributed by atoms with van der Waals surface area (Å²) in [5.74, 6) is 0. The molecule has 0 bridgehead atoms. The second kappa shape index (κ2) is 16.1. The number of unbranched alkanes of at least 4 members (excludes halogenated alkanes) is 3. The summed E-state index contributed by atoms with van der Waals surface area (Å²) in [5, 5.41) is 28.8. The van der Waals surface area contributed by atoms with E-state index in [9.17, 15) is 15.3 Å². The van der Waals surface area contributed by atoms with Crippen LogP contribution in [0.1, 0.15) is 108 Å². The number of hydrogen-bond acceptors (Lipinski definition) is 3. The van der Waals surface area contributed by atoms with Crippen molar-refractivity contribution in [2.24, 2.45) is 0 Å². The average molecular weight is 545 g/mol. The number of aliphatic hydroxyl groups is 3. The number of aliphatic hydroxyl groups excluding tert-OH is 3. The zero-order valence-corrected chi connectivity index (χ0v) is 25.4. The molecule has 3 N–H and O–H groups in total. The molecule has 0 saturated heterocycles. The highest BCUT2D eigenvalue weighted by atomic mass is 16.3. The van der Waals surface area contributed by atoms with Gasteiger partial charge in [-0.05, 0) is 135 Å². The fourth-order valence-electron chi connectivity index (χ4n) is 6.76. The van der Waals surface area contributed by atoms with Crippen LogP contribution in [0.3, 0.4) is 0 Å². The zero-order valence-electron chi connectivity index (χ0n) is 25.4. The number of hydrogen-bond donors (Lipinski definition) is 3. The fourth-order valence-corrected chi connectivity index (χ4v) is 6.76. The van der Waals surface area contributed by atoms with Crippen LogP contribution in [0.2, 0.25) is 0 Å². The Hall–Kier alpha value is -2.46. The van der Waals surface area contributed by atoms with Crippen molar-refractivity contribution in [2.75, 3.05) is 19.8 Å². The van der Waals surface area contributed by atoms with Gasteiger partial charge in [-0.3, -0.25) is 0 Å². The summed E-state index contributed by atoms with van der Waals surface area (Å²) in [5.41, 5.74) is 12.1. The summed E-state index contributed by atoms with van der Waals surface area (Å²) in [7, 11) is 0. The van der Waals surface area contributed by atoms with Gasteiger partial charge in [-0.15, -0.1) is 0 Å². The van der Waals surface area contributed by atoms with E-state index in [2.05, 4.69) is 82.3 Å². The monoisotopic (exact) mass is 544 g/mol. The van der Waals surface area contributed by atoms with Gasteiger partial charge in [0.05, 0.1) is 0 Å². The van der Waals surface area contributed by atoms with Crippen molar-refractivity contribution in [3.8, 4) is 0 Å². The van der Waals surface area contributed by atoms with Gasteiger partial charge in [0.15, 0.2) is 0 Å². The van der Waals surface area contributed by atoms with Crippen molar-refractivity contribution in [2.45, 2.75) is 104 Å². The smallest absolute Gasteiger partial charge is 0.0459 e. The van der Waals surface area contributed by atoms with E-state index in [-0.39, 0.29) is 25.2 Å². The molecule has 0 aliphatic heterocycles. The highest BCUT2D eigenvalue weighted by Crippen LogP contribution is 2.49. The Bertz CT molecular complexity index is 1050. The third kappa shape index (κ3) is 7.24. The summed E-state index contributed by atoms with van der Waals surface area (Å²) >= 11 is 0. The zero-order chi connectivity index (χ0) is 29.0. The molecule has 0 aliphatic rings. The lowest BCUT2D eigenvalue weighted by Crippen LogP contribution is -2.34. The lowest BCUT2D eigenvalue weighted by Gasteiger charge is -2.41. The quantitative estimate of drug-likeness (QED) is 0.121. The molecular weight excluding hydrogens is 492 g/mol. The highest BCUT2D eigenvalue weighted by molar-refractivity contribution is 5.60. The van der Waals surface area contributed by atoms with Crippen molar-refractivity contribution in [3.05, 3.63) is 105 Å². The van der Waals surface area contributed by atoms with Crippen molar-refractivity contribution >= 4 is 0 Å². The molecular formula is C37H52O3. The van der Waals surface area contributed by atoms with Gasteiger partial charge >= 0.3 is 0 Å². The maximum absolute atomic E-state index is 9.59. The average Bonchev–Trinajstić information content (AvgIpc) is 2.95. The summed E-state index contributed by atoms with van der Waals surface area (Å²) in [6.45, 7) is 9.70. The second-order valence-electron chi connectivity index (χ2n) is 11.5. The first-order chi connectivity index (χ1) is 19.5. The number of aryl methyl sites for hydroxylation is 3. The molecule has 0 aromatic heterocycles. The van der Waals surface area contributed by atoms with Gasteiger partial charge < -0.3 is 15.3 Å². The molecule has 3 aromatic carbocycles. The van der Waals surface area contributed by atoms with Gasteiger partial charge in [-0.1, -0.05) is 67.9 Å². The van der Waals surface area contributed by atoms with Gasteiger partial charge in [-0.2, -0.15) is 0 Å². The van der Waals surface area contributed by atoms with Crippen molar-refractivity contribution in [3.63, 3.8) is 0 Å². The second-order valence-corrected chi connectivity index (χ2v) is 11.5. The summed E-state index contributed by atoms with van der Waals surface area (Å²) in [6.07, 6.45) is 10.2. The molecule has 0 spiro atoms. The molecule has 3 aromatic rings. The van der Waals surface area contributed by atoms with Gasteiger partial charge in [-0.25, -0.2) is 0 Å². The van der Waals surface area contributed by atoms with E-state index in [1.54, 1.807) is 0 Å². The Morgan fingerprint density at radius 2 is 0.825 bits per heavy atom. The van der Waals surface area contributed by atoms with Crippen LogP contribution < -0.4 is 0 Å². The van der Waals surface area contributed by atoms with E-state index >= 15 is 0 Å². The molecule has 0 heterocycles. The lowest BCUT2D eigenvalue weighted by molar-refractivity contribution is 0.284. The maximum atomic E-state index is 9.59. The molecule has 40 heavy (non-hydrogen) atoms. The molecule has 0 amide bonds. The molecule has 0 atom stereocenters. The highest BCUT2D eigenvalue weighted by Gasteiger charge is 2.40. The maximum Gasteiger partial charge on any atom is 0.0459 e. The van der Waals surface area contributed by atoms with E-state index in [1.165, 1.54) is 50.1 Å². The van der Waals surface area contributed by atoms with Crippen molar-refractivity contribution in [1.82, 2.24) is 0 Å². The third-order valence-electron chi connectivity index (χ3n) is 8.74. The molecule has 3 rings (SSSR count). The third-order valence-corrected chi connectivity index (χ3v) is 8.74. The molecule has 3 heteroatoms. The van der Waals surface area contributed by atoms with E-state index in [4.69, 9.17) is 0 Å². The largest absolute Gasteiger partial charge is 0.396 e. The van der Waals surface area contributed by atoms with Crippen molar-refractivity contribution in [1.29, 1.82) is 0 Å². The Labute approximate surface area is 243 Å². The Morgan fingerprint density at radius 3 is 1.10 bits per heavy atom. The van der Waals surface area contributed by atoms with Crippen LogP contribution in [-0.2, 0) is 24.7 Å². The molecule has 3 nitrogen and oxygen atoms in total. The molecule has 0 saturated carbocycles. The molecule has 0 radical (unpaired) electrons. The molecule has 0 unspecified atom stereocenters.